The molecule has 0 saturated carbocycles. The first kappa shape index (κ1) is 14.0. The van der Waals surface area contributed by atoms with Gasteiger partial charge in [0.1, 0.15) is 11.6 Å². The van der Waals surface area contributed by atoms with E-state index in [1.165, 1.54) is 6.07 Å². The molecule has 0 unspecified atom stereocenters. The average Bonchev–Trinajstić information content (AvgIpc) is 3.01. The Morgan fingerprint density at radius 1 is 1.29 bits per heavy atom. The molecule has 0 atom stereocenters. The molecular formula is C14H14ClFN4O. The summed E-state index contributed by atoms with van der Waals surface area (Å²) < 4.78 is 20.6. The lowest BCUT2D eigenvalue weighted by molar-refractivity contribution is 0.386. The summed E-state index contributed by atoms with van der Waals surface area (Å²) in [5.74, 6) is 1.88. The van der Waals surface area contributed by atoms with Crippen LogP contribution in [-0.2, 0) is 18.8 Å². The number of rotatable bonds is 4. The van der Waals surface area contributed by atoms with Gasteiger partial charge in [-0.2, -0.15) is 4.98 Å². The first-order valence-corrected chi connectivity index (χ1v) is 7.12. The molecule has 1 aromatic carbocycles. The number of benzene rings is 1. The van der Waals surface area contributed by atoms with Crippen molar-refractivity contribution in [2.45, 2.75) is 32.7 Å². The van der Waals surface area contributed by atoms with Gasteiger partial charge in [-0.1, -0.05) is 5.16 Å². The zero-order valence-corrected chi connectivity index (χ0v) is 12.5. The number of hydrogen-bond acceptors (Lipinski definition) is 4. The van der Waals surface area contributed by atoms with E-state index in [0.717, 1.165) is 5.52 Å². The predicted molar refractivity (Wildman–Crippen MR) is 76.7 cm³/mol. The van der Waals surface area contributed by atoms with Gasteiger partial charge < -0.3 is 9.09 Å². The number of imidazole rings is 1. The summed E-state index contributed by atoms with van der Waals surface area (Å²) in [6.45, 7) is 4.09. The summed E-state index contributed by atoms with van der Waals surface area (Å²) in [6.07, 6.45) is 0.600. The van der Waals surface area contributed by atoms with Crippen LogP contribution in [0.5, 0.6) is 0 Å². The van der Waals surface area contributed by atoms with E-state index in [2.05, 4.69) is 15.1 Å². The molecule has 0 N–H and O–H groups in total. The fraction of sp³-hybridized carbons (Fsp3) is 0.357. The molecule has 7 heteroatoms. The van der Waals surface area contributed by atoms with Gasteiger partial charge in [-0.15, -0.1) is 11.6 Å². The maximum absolute atomic E-state index is 13.6. The highest BCUT2D eigenvalue weighted by atomic mass is 35.5. The maximum atomic E-state index is 13.6. The van der Waals surface area contributed by atoms with Gasteiger partial charge >= 0.3 is 0 Å². The molecular weight excluding hydrogens is 295 g/mol. The molecule has 2 heterocycles. The van der Waals surface area contributed by atoms with E-state index in [1.807, 2.05) is 4.57 Å². The molecule has 3 rings (SSSR count). The third-order valence-electron chi connectivity index (χ3n) is 3.36. The van der Waals surface area contributed by atoms with Crippen LogP contribution in [0.2, 0.25) is 0 Å². The average molecular weight is 309 g/mol. The normalized spacial score (nSPS) is 11.4. The molecule has 0 aliphatic heterocycles. The molecule has 110 valence electrons. The quantitative estimate of drug-likeness (QED) is 0.695. The molecule has 0 radical (unpaired) electrons. The highest BCUT2D eigenvalue weighted by molar-refractivity contribution is 6.16. The lowest BCUT2D eigenvalue weighted by Crippen LogP contribution is -2.06. The van der Waals surface area contributed by atoms with Crippen LogP contribution in [0.25, 0.3) is 11.0 Å². The molecule has 5 nitrogen and oxygen atoms in total. The van der Waals surface area contributed by atoms with E-state index in [4.69, 9.17) is 16.1 Å². The van der Waals surface area contributed by atoms with Crippen molar-refractivity contribution in [3.05, 3.63) is 41.1 Å². The lowest BCUT2D eigenvalue weighted by Gasteiger charge is -2.06. The Balaban J connectivity index is 1.97. The summed E-state index contributed by atoms with van der Waals surface area (Å²) >= 11 is 5.94. The van der Waals surface area contributed by atoms with Gasteiger partial charge in [0.15, 0.2) is 5.82 Å². The van der Waals surface area contributed by atoms with Gasteiger partial charge in [0.05, 0.1) is 16.9 Å². The van der Waals surface area contributed by atoms with E-state index in [1.54, 1.807) is 19.9 Å². The Morgan fingerprint density at radius 2 is 2.10 bits per heavy atom. The Labute approximate surface area is 125 Å². The number of aryl methyl sites for hydroxylation is 4. The molecule has 0 bridgehead atoms. The fourth-order valence-electron chi connectivity index (χ4n) is 2.31. The van der Waals surface area contributed by atoms with Crippen LogP contribution in [0.4, 0.5) is 4.39 Å². The first-order valence-electron chi connectivity index (χ1n) is 6.59. The molecule has 2 aromatic heterocycles. The van der Waals surface area contributed by atoms with E-state index in [9.17, 15) is 4.39 Å². The first-order chi connectivity index (χ1) is 10.1. The second kappa shape index (κ2) is 5.44. The van der Waals surface area contributed by atoms with Crippen LogP contribution in [-0.4, -0.2) is 19.7 Å². The number of aromatic nitrogens is 4. The summed E-state index contributed by atoms with van der Waals surface area (Å²) in [7, 11) is 0. The Hall–Kier alpha value is -1.95. The summed E-state index contributed by atoms with van der Waals surface area (Å²) in [4.78, 5) is 8.55. The second-order valence-electron chi connectivity index (χ2n) is 4.88. The molecule has 3 aromatic rings. The highest BCUT2D eigenvalue weighted by Crippen LogP contribution is 2.21. The number of halogens is 2. The predicted octanol–water partition coefficient (Wildman–Crippen LogP) is 3.16. The second-order valence-corrected chi connectivity index (χ2v) is 5.15. The minimum Gasteiger partial charge on any atom is -0.340 e. The summed E-state index contributed by atoms with van der Waals surface area (Å²) in [6, 6.07) is 3.23. The molecule has 0 aliphatic rings. The molecule has 0 spiro atoms. The molecule has 21 heavy (non-hydrogen) atoms. The monoisotopic (exact) mass is 308 g/mol. The number of alkyl halides is 1. The van der Waals surface area contributed by atoms with Crippen molar-refractivity contribution >= 4 is 22.6 Å². The van der Waals surface area contributed by atoms with E-state index >= 15 is 0 Å². The Bertz CT molecular complexity index is 796. The van der Waals surface area contributed by atoms with Gasteiger partial charge in [0, 0.05) is 26.0 Å². The van der Waals surface area contributed by atoms with Crippen molar-refractivity contribution in [2.24, 2.45) is 0 Å². The molecule has 0 aliphatic carbocycles. The topological polar surface area (TPSA) is 56.7 Å². The Kier molecular flexibility index (Phi) is 3.63. The van der Waals surface area contributed by atoms with Crippen LogP contribution in [0.3, 0.4) is 0 Å². The van der Waals surface area contributed by atoms with E-state index in [-0.39, 0.29) is 11.7 Å². The zero-order chi connectivity index (χ0) is 15.0. The van der Waals surface area contributed by atoms with Crippen molar-refractivity contribution in [2.75, 3.05) is 0 Å². The lowest BCUT2D eigenvalue weighted by atomic mass is 10.2. The third kappa shape index (κ3) is 2.63. The summed E-state index contributed by atoms with van der Waals surface area (Å²) in [5, 5.41) is 3.87. The van der Waals surface area contributed by atoms with E-state index < -0.39 is 0 Å². The maximum Gasteiger partial charge on any atom is 0.223 e. The zero-order valence-electron chi connectivity index (χ0n) is 11.7. The SMILES string of the molecule is Cc1nc(CCn2c(CCl)nc3cc(F)c(C)cc32)no1. The molecule has 0 amide bonds. The minimum atomic E-state index is -0.262. The van der Waals surface area contributed by atoms with Crippen molar-refractivity contribution in [3.63, 3.8) is 0 Å². The van der Waals surface area contributed by atoms with Gasteiger partial charge in [0.2, 0.25) is 5.89 Å². The minimum absolute atomic E-state index is 0.262. The van der Waals surface area contributed by atoms with Crippen LogP contribution >= 0.6 is 11.6 Å². The standard InChI is InChI=1S/C14H14ClFN4O/c1-8-5-12-11(6-10(8)16)18-14(7-15)20(12)4-3-13-17-9(2)21-19-13/h5-6H,3-4,7H2,1-2H3. The van der Waals surface area contributed by atoms with Crippen LogP contribution in [0.15, 0.2) is 16.7 Å². The van der Waals surface area contributed by atoms with Crippen molar-refractivity contribution in [1.82, 2.24) is 19.7 Å². The van der Waals surface area contributed by atoms with Gasteiger partial charge in [-0.25, -0.2) is 9.37 Å². The van der Waals surface area contributed by atoms with Gasteiger partial charge in [0.25, 0.3) is 0 Å². The van der Waals surface area contributed by atoms with Gasteiger partial charge in [-0.3, -0.25) is 0 Å². The smallest absolute Gasteiger partial charge is 0.223 e. The van der Waals surface area contributed by atoms with Crippen LogP contribution < -0.4 is 0 Å². The largest absolute Gasteiger partial charge is 0.340 e. The highest BCUT2D eigenvalue weighted by Gasteiger charge is 2.13. The Morgan fingerprint density at radius 3 is 2.76 bits per heavy atom. The van der Waals surface area contributed by atoms with Crippen LogP contribution in [0, 0.1) is 19.7 Å². The van der Waals surface area contributed by atoms with Crippen LogP contribution in [0.1, 0.15) is 23.1 Å². The fourth-order valence-corrected chi connectivity index (χ4v) is 2.51. The van der Waals surface area contributed by atoms with Gasteiger partial charge in [-0.05, 0) is 18.6 Å². The molecule has 0 saturated heterocycles. The van der Waals surface area contributed by atoms with E-state index in [0.29, 0.717) is 41.6 Å². The summed E-state index contributed by atoms with van der Waals surface area (Å²) in [5.41, 5.74) is 2.06. The number of fused-ring (bicyclic) bond motifs is 1. The van der Waals surface area contributed by atoms with Crippen molar-refractivity contribution in [3.8, 4) is 0 Å². The van der Waals surface area contributed by atoms with Crippen molar-refractivity contribution < 1.29 is 8.91 Å². The van der Waals surface area contributed by atoms with Crippen molar-refractivity contribution in [1.29, 1.82) is 0 Å². The third-order valence-corrected chi connectivity index (χ3v) is 3.59. The molecule has 0 fully saturated rings. The number of nitrogens with zero attached hydrogens (tertiary/aromatic N) is 4. The number of hydrogen-bond donors (Lipinski definition) is 0.